The van der Waals surface area contributed by atoms with Gasteiger partial charge < -0.3 is 16.9 Å². The average molecular weight is 278 g/mol. The summed E-state index contributed by atoms with van der Waals surface area (Å²) < 4.78 is 8.52. The fourth-order valence-corrected chi connectivity index (χ4v) is 0. The molecule has 28 valence electrons. The minimum absolute atomic E-state index is 0. The van der Waals surface area contributed by atoms with Crippen LogP contribution in [-0.2, 0) is 4.46 Å². The number of hydrogen-bond acceptors (Lipinski definition) is 3. The zero-order valence-corrected chi connectivity index (χ0v) is 15.0. The Balaban J connectivity index is -0.00000000450. The molecule has 3 nitrogen and oxygen atoms in total. The van der Waals surface area contributed by atoms with Crippen LogP contribution in [0.4, 0.5) is 0 Å². The van der Waals surface area contributed by atoms with Crippen LogP contribution in [0.1, 0.15) is 2.85 Å². The Morgan fingerprint density at radius 3 is 1.43 bits per heavy atom. The molecule has 0 unspecified atom stereocenters. The van der Waals surface area contributed by atoms with Crippen molar-refractivity contribution in [3.8, 4) is 0 Å². The van der Waals surface area contributed by atoms with Crippen molar-refractivity contribution in [1.29, 1.82) is 0 Å². The molecule has 0 saturated carbocycles. The average Bonchev–Trinajstić information content (AvgIpc) is 0.811. The minimum atomic E-state index is -3.63. The van der Waals surface area contributed by atoms with Gasteiger partial charge in [0.25, 0.3) is 0 Å². The molecule has 0 heterocycles. The molecule has 0 amide bonds. The van der Waals surface area contributed by atoms with Gasteiger partial charge in [0.1, 0.15) is 0 Å². The van der Waals surface area contributed by atoms with Crippen LogP contribution < -0.4 is 90.5 Å². The van der Waals surface area contributed by atoms with E-state index in [0.717, 1.165) is 0 Å². The SMILES string of the molecule is O=[Si]([O-])[O-].[Ba+2].[H-].[H-].[K+].[Na+]. The molecule has 7 heavy (non-hydrogen) atoms. The Labute approximate surface area is 151 Å². The van der Waals surface area contributed by atoms with Crippen LogP contribution in [-0.4, -0.2) is 58.1 Å². The molecule has 0 bridgehead atoms. The number of rotatable bonds is 0. The fraction of sp³-hybridized carbons (Fsp3) is 0. The summed E-state index contributed by atoms with van der Waals surface area (Å²) in [5.74, 6) is 0. The largest absolute Gasteiger partial charge is 2.00 e. The second kappa shape index (κ2) is 16.4. The van der Waals surface area contributed by atoms with E-state index in [2.05, 4.69) is 0 Å². The molecule has 0 spiro atoms. The summed E-state index contributed by atoms with van der Waals surface area (Å²) >= 11 is 0. The van der Waals surface area contributed by atoms with Crippen LogP contribution in [0.3, 0.4) is 0 Å². The van der Waals surface area contributed by atoms with E-state index in [9.17, 15) is 0 Å². The monoisotopic (exact) mass is 278 g/mol. The third-order valence-corrected chi connectivity index (χ3v) is 0. The Kier molecular flexibility index (Phi) is 52.6. The van der Waals surface area contributed by atoms with Crippen molar-refractivity contribution >= 4 is 58.1 Å². The Hall–Kier alpha value is 3.82. The van der Waals surface area contributed by atoms with E-state index in [0.29, 0.717) is 0 Å². The molecule has 0 atom stereocenters. The van der Waals surface area contributed by atoms with E-state index >= 15 is 0 Å². The van der Waals surface area contributed by atoms with Crippen LogP contribution in [0.2, 0.25) is 0 Å². The molecule has 0 radical (unpaired) electrons. The maximum Gasteiger partial charge on any atom is 2.00 e. The minimum Gasteiger partial charge on any atom is -1.00 e. The van der Waals surface area contributed by atoms with Gasteiger partial charge in [-0.05, 0) is 0 Å². The normalized spacial score (nSPS) is 3.43. The second-order valence-electron chi connectivity index (χ2n) is 0.250. The maximum absolute atomic E-state index is 8.52. The molecule has 0 aromatic heterocycles. The van der Waals surface area contributed by atoms with E-state index in [1.165, 1.54) is 0 Å². The van der Waals surface area contributed by atoms with Crippen molar-refractivity contribution in [2.75, 3.05) is 0 Å². The van der Waals surface area contributed by atoms with Crippen LogP contribution in [0, 0.1) is 0 Å². The third kappa shape index (κ3) is 41.1. The zero-order chi connectivity index (χ0) is 3.58. The van der Waals surface area contributed by atoms with Gasteiger partial charge >= 0.3 is 130 Å². The van der Waals surface area contributed by atoms with Gasteiger partial charge in [-0.25, -0.2) is 0 Å². The van der Waals surface area contributed by atoms with Gasteiger partial charge in [-0.15, -0.1) is 0 Å². The molecule has 0 saturated heterocycles. The summed E-state index contributed by atoms with van der Waals surface area (Å²) in [5.41, 5.74) is 0. The summed E-state index contributed by atoms with van der Waals surface area (Å²) in [6.07, 6.45) is 0. The quantitative estimate of drug-likeness (QED) is 0.413. The topological polar surface area (TPSA) is 63.2 Å². The van der Waals surface area contributed by atoms with Crippen LogP contribution in [0.25, 0.3) is 0 Å². The van der Waals surface area contributed by atoms with Gasteiger partial charge in [0.05, 0.1) is 0 Å². The first kappa shape index (κ1) is 22.4. The molecular weight excluding hydrogens is 275 g/mol. The second-order valence-corrected chi connectivity index (χ2v) is 0.750. The molecule has 0 rings (SSSR count). The Bertz CT molecular complexity index is 44.8. The van der Waals surface area contributed by atoms with Gasteiger partial charge in [-0.3, -0.25) is 0 Å². The van der Waals surface area contributed by atoms with Gasteiger partial charge in [-0.2, -0.15) is 0 Å². The van der Waals surface area contributed by atoms with Crippen molar-refractivity contribution in [1.82, 2.24) is 0 Å². The molecule has 0 aromatic rings. The summed E-state index contributed by atoms with van der Waals surface area (Å²) in [7, 11) is -3.63. The van der Waals surface area contributed by atoms with E-state index < -0.39 is 9.17 Å². The summed E-state index contributed by atoms with van der Waals surface area (Å²) in [6, 6.07) is 0. The Morgan fingerprint density at radius 2 is 1.43 bits per heavy atom. The van der Waals surface area contributed by atoms with Crippen molar-refractivity contribution < 1.29 is 97.8 Å². The first-order valence-electron chi connectivity index (χ1n) is 0.612. The molecule has 0 aliphatic rings. The first-order valence-corrected chi connectivity index (χ1v) is 1.84. The summed E-state index contributed by atoms with van der Waals surface area (Å²) in [5, 5.41) is 0. The van der Waals surface area contributed by atoms with Crippen LogP contribution in [0.15, 0.2) is 0 Å². The van der Waals surface area contributed by atoms with E-state index in [4.69, 9.17) is 14.1 Å². The summed E-state index contributed by atoms with van der Waals surface area (Å²) in [4.78, 5) is 17.0. The van der Waals surface area contributed by atoms with Crippen molar-refractivity contribution in [3.05, 3.63) is 0 Å². The smallest absolute Gasteiger partial charge is 1.00 e. The molecular formula is H2BaKNaO3Si. The fourth-order valence-electron chi connectivity index (χ4n) is 0. The molecule has 0 fully saturated rings. The predicted molar refractivity (Wildman–Crippen MR) is 14.4 cm³/mol. The van der Waals surface area contributed by atoms with Crippen LogP contribution >= 0.6 is 0 Å². The molecule has 0 aliphatic heterocycles. The predicted octanol–water partition coefficient (Wildman–Crippen LogP) is -9.03. The molecule has 0 aliphatic carbocycles. The zero-order valence-electron chi connectivity index (χ0n) is 6.43. The maximum atomic E-state index is 8.52. The molecule has 0 aromatic carbocycles. The van der Waals surface area contributed by atoms with E-state index in [1.54, 1.807) is 0 Å². The first-order chi connectivity index (χ1) is 1.73. The standard InChI is InChI=1S/Ba.K.Na.O3Si.2H/c;;;1-4(2)3;;/q+2;2*+1;-2;2*-1. The van der Waals surface area contributed by atoms with E-state index in [1.807, 2.05) is 0 Å². The van der Waals surface area contributed by atoms with Gasteiger partial charge in [0.2, 0.25) is 0 Å². The van der Waals surface area contributed by atoms with Crippen molar-refractivity contribution in [2.24, 2.45) is 0 Å². The van der Waals surface area contributed by atoms with E-state index in [-0.39, 0.29) is 133 Å². The van der Waals surface area contributed by atoms with Gasteiger partial charge in [0, 0.05) is 9.17 Å². The summed E-state index contributed by atoms with van der Waals surface area (Å²) in [6.45, 7) is 0. The number of hydrogen-bond donors (Lipinski definition) is 0. The third-order valence-electron chi connectivity index (χ3n) is 0. The van der Waals surface area contributed by atoms with Crippen molar-refractivity contribution in [3.63, 3.8) is 0 Å². The van der Waals surface area contributed by atoms with Crippen molar-refractivity contribution in [2.45, 2.75) is 0 Å². The van der Waals surface area contributed by atoms with Gasteiger partial charge in [0.15, 0.2) is 0 Å². The van der Waals surface area contributed by atoms with Crippen LogP contribution in [0.5, 0.6) is 0 Å². The molecule has 7 heteroatoms. The van der Waals surface area contributed by atoms with Gasteiger partial charge in [-0.1, -0.05) is 0 Å². The molecule has 0 N–H and O–H groups in total. The Morgan fingerprint density at radius 1 is 1.43 bits per heavy atom.